The fraction of sp³-hybridized carbons (Fsp3) is 0.424. The molecular formula is C33H42N6O3S. The van der Waals surface area contributed by atoms with Gasteiger partial charge in [-0.15, -0.1) is 5.10 Å². The Balaban J connectivity index is 1.74. The Labute approximate surface area is 255 Å². The lowest BCUT2D eigenvalue weighted by Crippen LogP contribution is -2.24. The van der Waals surface area contributed by atoms with Crippen molar-refractivity contribution in [3.63, 3.8) is 0 Å². The summed E-state index contributed by atoms with van der Waals surface area (Å²) in [5.41, 5.74) is 3.42. The minimum Gasteiger partial charge on any atom is -0.373 e. The fourth-order valence-electron chi connectivity index (χ4n) is 5.19. The smallest absolute Gasteiger partial charge is 0.265 e. The highest BCUT2D eigenvalue weighted by Crippen LogP contribution is 2.23. The van der Waals surface area contributed by atoms with Crippen LogP contribution in [-0.4, -0.2) is 42.7 Å². The molecule has 0 radical (unpaired) electrons. The summed E-state index contributed by atoms with van der Waals surface area (Å²) in [5, 5.41) is 15.1. The standard InChI is InChI=1S/C33H42N6O3S/c1-5-8-9-10-11-15-20-42-24-31-35-33-29(23-34)32(43(40,41)37-27-16-13-12-14-17-27)30(39(33)36-31)22-26-18-19-28(21-25(26)4)38(6-2)7-3/h12-14,16-19,21-22,37H,5-11,15,20,24H2,1-4H3/b30-22-. The highest BCUT2D eigenvalue weighted by Gasteiger charge is 2.29. The summed E-state index contributed by atoms with van der Waals surface area (Å²) in [4.78, 5) is 6.65. The van der Waals surface area contributed by atoms with Gasteiger partial charge in [0.1, 0.15) is 23.1 Å². The maximum absolute atomic E-state index is 13.8. The predicted octanol–water partition coefficient (Wildman–Crippen LogP) is 5.98. The first kappa shape index (κ1) is 32.0. The Morgan fingerprint density at radius 2 is 1.74 bits per heavy atom. The van der Waals surface area contributed by atoms with Crippen LogP contribution in [0.3, 0.4) is 0 Å². The van der Waals surface area contributed by atoms with Crippen LogP contribution in [0.1, 0.15) is 81.8 Å². The summed E-state index contributed by atoms with van der Waals surface area (Å²) >= 11 is 0. The molecule has 2 aromatic heterocycles. The van der Waals surface area contributed by atoms with E-state index in [1.165, 1.54) is 30.2 Å². The Morgan fingerprint density at radius 3 is 2.42 bits per heavy atom. The molecule has 43 heavy (non-hydrogen) atoms. The van der Waals surface area contributed by atoms with Crippen molar-refractivity contribution in [3.8, 4) is 6.07 Å². The van der Waals surface area contributed by atoms with Gasteiger partial charge in [0.05, 0.1) is 5.35 Å². The monoisotopic (exact) mass is 602 g/mol. The van der Waals surface area contributed by atoms with Crippen molar-refractivity contribution >= 4 is 33.1 Å². The number of nitrogens with one attached hydrogen (secondary N) is 1. The van der Waals surface area contributed by atoms with Crippen LogP contribution in [0, 0.1) is 18.3 Å². The molecule has 10 heteroatoms. The van der Waals surface area contributed by atoms with E-state index in [0.717, 1.165) is 42.7 Å². The number of hydrogen-bond donors (Lipinski definition) is 1. The molecule has 228 valence electrons. The number of para-hydroxylation sites is 1. The van der Waals surface area contributed by atoms with Crippen LogP contribution in [0.4, 0.5) is 11.4 Å². The third kappa shape index (κ3) is 7.72. The first-order valence-electron chi connectivity index (χ1n) is 15.2. The average Bonchev–Trinajstić information content (AvgIpc) is 3.54. The zero-order valence-corrected chi connectivity index (χ0v) is 26.5. The molecule has 2 heterocycles. The lowest BCUT2D eigenvalue weighted by molar-refractivity contribution is 0.111. The van der Waals surface area contributed by atoms with Crippen LogP contribution in [0.15, 0.2) is 53.4 Å². The van der Waals surface area contributed by atoms with Crippen molar-refractivity contribution in [1.29, 1.82) is 5.26 Å². The molecule has 0 aliphatic heterocycles. The van der Waals surface area contributed by atoms with Crippen molar-refractivity contribution < 1.29 is 13.2 Å². The molecule has 0 unspecified atom stereocenters. The Kier molecular flexibility index (Phi) is 11.1. The first-order valence-corrected chi connectivity index (χ1v) is 16.7. The van der Waals surface area contributed by atoms with Crippen LogP contribution >= 0.6 is 0 Å². The Hall–Kier alpha value is -3.94. The van der Waals surface area contributed by atoms with E-state index < -0.39 is 10.0 Å². The predicted molar refractivity (Wildman–Crippen MR) is 172 cm³/mol. The molecule has 0 aliphatic rings. The van der Waals surface area contributed by atoms with Gasteiger partial charge in [-0.25, -0.2) is 17.9 Å². The van der Waals surface area contributed by atoms with Gasteiger partial charge >= 0.3 is 0 Å². The number of ether oxygens (including phenoxy) is 1. The number of sulfonamides is 1. The van der Waals surface area contributed by atoms with Crippen LogP contribution in [-0.2, 0) is 21.4 Å². The molecule has 0 aliphatic carbocycles. The number of anilines is 2. The van der Waals surface area contributed by atoms with Crippen molar-refractivity contribution in [1.82, 2.24) is 14.6 Å². The number of unbranched alkanes of at least 4 members (excludes halogenated alkanes) is 5. The Bertz CT molecular complexity index is 1710. The number of nitriles is 1. The summed E-state index contributed by atoms with van der Waals surface area (Å²) in [7, 11) is -4.17. The van der Waals surface area contributed by atoms with Gasteiger partial charge in [0, 0.05) is 31.1 Å². The third-order valence-corrected chi connectivity index (χ3v) is 8.97. The minimum absolute atomic E-state index is 0.0539. The maximum atomic E-state index is 13.8. The molecular weight excluding hydrogens is 560 g/mol. The highest BCUT2D eigenvalue weighted by molar-refractivity contribution is 7.92. The van der Waals surface area contributed by atoms with E-state index in [1.54, 1.807) is 36.4 Å². The van der Waals surface area contributed by atoms with Gasteiger partial charge in [0.15, 0.2) is 11.5 Å². The van der Waals surface area contributed by atoms with Gasteiger partial charge < -0.3 is 9.64 Å². The van der Waals surface area contributed by atoms with Gasteiger partial charge in [-0.05, 0) is 68.7 Å². The molecule has 0 saturated heterocycles. The number of rotatable bonds is 16. The van der Waals surface area contributed by atoms with Crippen molar-refractivity contribution in [2.75, 3.05) is 29.3 Å². The maximum Gasteiger partial charge on any atom is 0.265 e. The molecule has 0 spiro atoms. The van der Waals surface area contributed by atoms with E-state index in [2.05, 4.69) is 52.6 Å². The number of fused-ring (bicyclic) bond motifs is 1. The molecule has 4 aromatic rings. The first-order chi connectivity index (χ1) is 20.8. The molecule has 0 amide bonds. The summed E-state index contributed by atoms with van der Waals surface area (Å²) in [6.07, 6.45) is 8.76. The average molecular weight is 603 g/mol. The largest absolute Gasteiger partial charge is 0.373 e. The van der Waals surface area contributed by atoms with E-state index in [1.807, 2.05) is 19.1 Å². The lowest BCUT2D eigenvalue weighted by Gasteiger charge is -2.21. The van der Waals surface area contributed by atoms with Crippen LogP contribution in [0.2, 0.25) is 0 Å². The normalized spacial score (nSPS) is 12.1. The van der Waals surface area contributed by atoms with Crippen molar-refractivity contribution in [3.05, 3.63) is 76.4 Å². The number of hydrogen-bond acceptors (Lipinski definition) is 7. The fourth-order valence-corrected chi connectivity index (χ4v) is 6.56. The van der Waals surface area contributed by atoms with Crippen molar-refractivity contribution in [2.45, 2.75) is 77.7 Å². The van der Waals surface area contributed by atoms with E-state index in [9.17, 15) is 13.7 Å². The van der Waals surface area contributed by atoms with Gasteiger partial charge in [0.25, 0.3) is 10.0 Å². The molecule has 1 N–H and O–H groups in total. The number of aryl methyl sites for hydroxylation is 1. The molecule has 0 fully saturated rings. The quantitative estimate of drug-likeness (QED) is 0.157. The summed E-state index contributed by atoms with van der Waals surface area (Å²) in [6, 6.07) is 16.8. The lowest BCUT2D eigenvalue weighted by atomic mass is 10.1. The second kappa shape index (κ2) is 15.0. The molecule has 4 rings (SSSR count). The molecule has 9 nitrogen and oxygen atoms in total. The van der Waals surface area contributed by atoms with E-state index in [4.69, 9.17) is 4.74 Å². The molecule has 2 aromatic carbocycles. The zero-order chi connectivity index (χ0) is 30.8. The van der Waals surface area contributed by atoms with Gasteiger partial charge in [-0.1, -0.05) is 63.3 Å². The van der Waals surface area contributed by atoms with Crippen molar-refractivity contribution in [2.24, 2.45) is 0 Å². The molecule has 0 bridgehead atoms. The van der Waals surface area contributed by atoms with E-state index >= 15 is 0 Å². The minimum atomic E-state index is -4.17. The topological polar surface area (TPSA) is 113 Å². The van der Waals surface area contributed by atoms with Crippen LogP contribution in [0.5, 0.6) is 0 Å². The van der Waals surface area contributed by atoms with E-state index in [0.29, 0.717) is 18.1 Å². The molecule has 0 saturated carbocycles. The second-order valence-electron chi connectivity index (χ2n) is 10.6. The van der Waals surface area contributed by atoms with Gasteiger partial charge in [-0.2, -0.15) is 5.26 Å². The second-order valence-corrected chi connectivity index (χ2v) is 12.2. The third-order valence-electron chi connectivity index (χ3n) is 7.52. The van der Waals surface area contributed by atoms with Gasteiger partial charge in [0.2, 0.25) is 0 Å². The summed E-state index contributed by atoms with van der Waals surface area (Å²) in [6.45, 7) is 11.0. The highest BCUT2D eigenvalue weighted by atomic mass is 32.2. The zero-order valence-electron chi connectivity index (χ0n) is 25.6. The Morgan fingerprint density at radius 1 is 1.02 bits per heavy atom. The summed E-state index contributed by atoms with van der Waals surface area (Å²) < 4.78 is 37.5. The number of nitrogens with zero attached hydrogens (tertiary/aromatic N) is 5. The molecule has 0 atom stereocenters. The summed E-state index contributed by atoms with van der Waals surface area (Å²) in [5.74, 6) is 0.403. The van der Waals surface area contributed by atoms with Gasteiger partial charge in [-0.3, -0.25) is 4.72 Å². The van der Waals surface area contributed by atoms with Crippen LogP contribution < -0.4 is 15.0 Å². The SMILES string of the molecule is CCCCCCCCOCc1nc2c(C#N)c(S(=O)(=O)Nc3ccccc3)/c(=C/c3ccc(N(CC)CC)cc3C)n2n1. The van der Waals surface area contributed by atoms with Crippen LogP contribution in [0.25, 0.3) is 11.7 Å². The van der Waals surface area contributed by atoms with E-state index in [-0.39, 0.29) is 28.1 Å². The number of benzene rings is 2. The number of aromatic nitrogens is 3.